The number of allylic oxidation sites excluding steroid dienone is 6. The average molecular weight is 872 g/mol. The maximum Gasteiger partial charge on any atom is 0.306 e. The first-order valence-electron chi connectivity index (χ1n) is 21.4. The van der Waals surface area contributed by atoms with Gasteiger partial charge in [0.1, 0.15) is 36.5 Å². The van der Waals surface area contributed by atoms with Crippen molar-refractivity contribution in [1.29, 1.82) is 10.5 Å². The Morgan fingerprint density at radius 1 is 0.774 bits per heavy atom. The summed E-state index contributed by atoms with van der Waals surface area (Å²) in [5.41, 5.74) is 3.35. The fraction of sp³-hybridized carbons (Fsp3) is 0.521. The minimum atomic E-state index is -0.433. The van der Waals surface area contributed by atoms with Gasteiger partial charge in [-0.3, -0.25) is 9.59 Å². The number of thiophene rings is 1. The topological polar surface area (TPSA) is 173 Å². The van der Waals surface area contributed by atoms with Gasteiger partial charge < -0.3 is 33.4 Å². The number of carbonyl (C=O) groups excluding carboxylic acids is 3. The SMILES string of the molecule is C=CCCC/C=C/CC(C)CC(=O)OCCOCCN(CCOCCOCCOC(=O)CC(C=O)C/C=C/CCCC=C)c1ccc(N=Nc2sc(C#N)c(C)c2C#N)c(C)c1. The number of aryl methyl sites for hydroxylation is 1. The van der Waals surface area contributed by atoms with Gasteiger partial charge in [-0.05, 0) is 100 Å². The van der Waals surface area contributed by atoms with Gasteiger partial charge in [-0.25, -0.2) is 0 Å². The van der Waals surface area contributed by atoms with E-state index in [1.807, 2.05) is 56.4 Å². The maximum absolute atomic E-state index is 12.4. The van der Waals surface area contributed by atoms with Crippen LogP contribution in [-0.4, -0.2) is 84.2 Å². The summed E-state index contributed by atoms with van der Waals surface area (Å²) >= 11 is 1.14. The minimum Gasteiger partial charge on any atom is -0.463 e. The molecule has 2 rings (SSSR count). The molecule has 2 atom stereocenters. The first-order chi connectivity index (χ1) is 30.2. The molecule has 0 spiro atoms. The van der Waals surface area contributed by atoms with Gasteiger partial charge in [0, 0.05) is 31.1 Å². The number of benzene rings is 1. The number of aldehydes is 1. The first kappa shape index (κ1) is 52.9. The van der Waals surface area contributed by atoms with Gasteiger partial charge in [-0.1, -0.05) is 43.4 Å². The second-order valence-electron chi connectivity index (χ2n) is 14.7. The van der Waals surface area contributed by atoms with Crippen LogP contribution in [0, 0.1) is 48.3 Å². The summed E-state index contributed by atoms with van der Waals surface area (Å²) in [5, 5.41) is 28.1. The molecular weight excluding hydrogens is 807 g/mol. The normalized spacial score (nSPS) is 12.3. The zero-order valence-corrected chi connectivity index (χ0v) is 37.7. The van der Waals surface area contributed by atoms with E-state index in [2.05, 4.69) is 52.6 Å². The molecule has 62 heavy (non-hydrogen) atoms. The number of hydrogen-bond donors (Lipinski definition) is 0. The molecule has 0 aliphatic heterocycles. The van der Waals surface area contributed by atoms with Crippen molar-refractivity contribution in [3.63, 3.8) is 0 Å². The molecule has 0 saturated carbocycles. The summed E-state index contributed by atoms with van der Waals surface area (Å²) in [4.78, 5) is 38.5. The van der Waals surface area contributed by atoms with Crippen LogP contribution in [0.3, 0.4) is 0 Å². The summed E-state index contributed by atoms with van der Waals surface area (Å²) in [6.07, 6.45) is 20.5. The van der Waals surface area contributed by atoms with Crippen LogP contribution in [0.2, 0.25) is 0 Å². The van der Waals surface area contributed by atoms with Crippen LogP contribution in [0.1, 0.15) is 92.7 Å². The lowest BCUT2D eigenvalue weighted by molar-refractivity contribution is -0.147. The van der Waals surface area contributed by atoms with E-state index in [0.717, 1.165) is 73.8 Å². The van der Waals surface area contributed by atoms with Gasteiger partial charge in [-0.15, -0.1) is 34.7 Å². The number of nitrogens with zero attached hydrogens (tertiary/aromatic N) is 5. The van der Waals surface area contributed by atoms with Crippen molar-refractivity contribution < 1.29 is 38.1 Å². The molecular formula is C48H65N5O8S. The summed E-state index contributed by atoms with van der Waals surface area (Å²) in [6, 6.07) is 9.99. The highest BCUT2D eigenvalue weighted by Gasteiger charge is 2.16. The Labute approximate surface area is 372 Å². The Balaban J connectivity index is 1.85. The van der Waals surface area contributed by atoms with Gasteiger partial charge in [0.15, 0.2) is 5.00 Å². The zero-order chi connectivity index (χ0) is 45.2. The summed E-state index contributed by atoms with van der Waals surface area (Å²) in [7, 11) is 0. The molecule has 14 heteroatoms. The molecule has 1 aromatic carbocycles. The van der Waals surface area contributed by atoms with Gasteiger partial charge in [0.2, 0.25) is 0 Å². The van der Waals surface area contributed by atoms with Crippen molar-refractivity contribution >= 4 is 45.9 Å². The lowest BCUT2D eigenvalue weighted by Gasteiger charge is -2.25. The first-order valence-corrected chi connectivity index (χ1v) is 22.2. The molecule has 0 fully saturated rings. The monoisotopic (exact) mass is 871 g/mol. The van der Waals surface area contributed by atoms with Gasteiger partial charge >= 0.3 is 11.9 Å². The van der Waals surface area contributed by atoms with E-state index in [9.17, 15) is 24.9 Å². The number of ether oxygens (including phenoxy) is 5. The highest BCUT2D eigenvalue weighted by molar-refractivity contribution is 7.16. The Bertz CT molecular complexity index is 1840. The summed E-state index contributed by atoms with van der Waals surface area (Å²) in [5.74, 6) is -0.890. The second-order valence-corrected chi connectivity index (χ2v) is 15.7. The van der Waals surface area contributed by atoms with Crippen LogP contribution >= 0.6 is 11.3 Å². The number of unbranched alkanes of at least 4 members (excludes halogenated alkanes) is 4. The van der Waals surface area contributed by atoms with Gasteiger partial charge in [0.05, 0.1) is 57.3 Å². The van der Waals surface area contributed by atoms with Crippen molar-refractivity contribution in [3.05, 3.63) is 89.4 Å². The Morgan fingerprint density at radius 3 is 1.92 bits per heavy atom. The van der Waals surface area contributed by atoms with E-state index in [0.29, 0.717) is 79.1 Å². The molecule has 0 N–H and O–H groups in total. The maximum atomic E-state index is 12.4. The Kier molecular flexibility index (Phi) is 28.5. The number of esters is 2. The molecule has 13 nitrogen and oxygen atoms in total. The van der Waals surface area contributed by atoms with Crippen molar-refractivity contribution in [3.8, 4) is 12.1 Å². The lowest BCUT2D eigenvalue weighted by Crippen LogP contribution is -2.31. The van der Waals surface area contributed by atoms with E-state index in [1.165, 1.54) is 0 Å². The number of azo groups is 1. The average Bonchev–Trinajstić information content (AvgIpc) is 3.58. The number of rotatable bonds is 35. The molecule has 2 unspecified atom stereocenters. The predicted octanol–water partition coefficient (Wildman–Crippen LogP) is 10.3. The van der Waals surface area contributed by atoms with E-state index >= 15 is 0 Å². The van der Waals surface area contributed by atoms with Crippen LogP contribution in [0.4, 0.5) is 16.4 Å². The number of hydrogen-bond acceptors (Lipinski definition) is 14. The highest BCUT2D eigenvalue weighted by Crippen LogP contribution is 2.36. The quantitative estimate of drug-likeness (QED) is 0.0212. The second kappa shape index (κ2) is 33.4. The van der Waals surface area contributed by atoms with E-state index < -0.39 is 11.9 Å². The summed E-state index contributed by atoms with van der Waals surface area (Å²) in [6.45, 7) is 16.4. The number of nitriles is 2. The van der Waals surface area contributed by atoms with Crippen LogP contribution in [0.25, 0.3) is 0 Å². The minimum absolute atomic E-state index is 0.0299. The largest absolute Gasteiger partial charge is 0.463 e. The zero-order valence-electron chi connectivity index (χ0n) is 36.9. The molecule has 0 saturated heterocycles. The van der Waals surface area contributed by atoms with Crippen LogP contribution in [0.5, 0.6) is 0 Å². The molecule has 2 aromatic rings. The molecule has 1 aromatic heterocycles. The molecule has 1 heterocycles. The lowest BCUT2D eigenvalue weighted by atomic mass is 10.0. The van der Waals surface area contributed by atoms with Crippen LogP contribution < -0.4 is 4.90 Å². The smallest absolute Gasteiger partial charge is 0.306 e. The predicted molar refractivity (Wildman–Crippen MR) is 244 cm³/mol. The third kappa shape index (κ3) is 22.6. The molecule has 0 aliphatic rings. The fourth-order valence-electron chi connectivity index (χ4n) is 5.91. The van der Waals surface area contributed by atoms with E-state index in [-0.39, 0.29) is 44.7 Å². The fourth-order valence-corrected chi connectivity index (χ4v) is 6.79. The molecule has 0 bridgehead atoms. The van der Waals surface area contributed by atoms with Crippen molar-refractivity contribution in [1.82, 2.24) is 0 Å². The van der Waals surface area contributed by atoms with E-state index in [1.54, 1.807) is 6.92 Å². The van der Waals surface area contributed by atoms with Crippen molar-refractivity contribution in [2.45, 2.75) is 85.0 Å². The highest BCUT2D eigenvalue weighted by atomic mass is 32.1. The number of carbonyl (C=O) groups is 3. The Hall–Kier alpha value is -5.25. The Morgan fingerprint density at radius 2 is 1.35 bits per heavy atom. The molecule has 0 aliphatic carbocycles. The third-order valence-corrected chi connectivity index (χ3v) is 10.6. The molecule has 0 radical (unpaired) electrons. The number of anilines is 1. The molecule has 336 valence electrons. The van der Waals surface area contributed by atoms with Crippen LogP contribution in [0.15, 0.2) is 78.0 Å². The van der Waals surface area contributed by atoms with Crippen molar-refractivity contribution in [2.75, 3.05) is 70.8 Å². The van der Waals surface area contributed by atoms with Gasteiger partial charge in [-0.2, -0.15) is 10.5 Å². The van der Waals surface area contributed by atoms with Crippen molar-refractivity contribution in [2.24, 2.45) is 22.1 Å². The van der Waals surface area contributed by atoms with E-state index in [4.69, 9.17) is 23.7 Å². The van der Waals surface area contributed by atoms with Crippen LogP contribution in [-0.2, 0) is 38.1 Å². The molecule has 0 amide bonds. The van der Waals surface area contributed by atoms with Gasteiger partial charge in [0.25, 0.3) is 0 Å². The summed E-state index contributed by atoms with van der Waals surface area (Å²) < 4.78 is 28.0. The third-order valence-electron chi connectivity index (χ3n) is 9.51. The standard InChI is InChI=1S/C48H65N5O8S/c1-6-8-10-12-14-16-18-38(3)32-46(55)60-30-28-58-25-23-53(42-20-21-44(39(4)33-42)51-52-48-43(35-49)40(5)45(36-50)62-48)22-24-57-26-27-59-29-31-61-47(56)34-41(37-54)19-17-15-13-11-9-7-2/h6-7,14-17,20-21,33,37-38,41H,1-2,8-13,18-19,22-32,34H2,3-5H3/b16-14+,17-15+,52-51?.